The van der Waals surface area contributed by atoms with E-state index in [2.05, 4.69) is 27.7 Å². The largest absolute Gasteiger partial charge is 0.343 e. The van der Waals surface area contributed by atoms with Crippen molar-refractivity contribution in [1.82, 2.24) is 4.90 Å². The van der Waals surface area contributed by atoms with Gasteiger partial charge in [0.1, 0.15) is 0 Å². The van der Waals surface area contributed by atoms with Crippen molar-refractivity contribution in [2.24, 2.45) is 16.6 Å². The molecule has 0 atom stereocenters. The minimum Gasteiger partial charge on any atom is -0.343 e. The molecular weight excluding hydrogens is 212 g/mol. The minimum atomic E-state index is 0.141. The monoisotopic (exact) mass is 240 g/mol. The average molecular weight is 240 g/mol. The number of hydrogen-bond acceptors (Lipinski definition) is 2. The van der Waals surface area contributed by atoms with Gasteiger partial charge in [0.15, 0.2) is 0 Å². The lowest BCUT2D eigenvalue weighted by Crippen LogP contribution is -2.35. The molecular formula is C14H28N2O. The van der Waals surface area contributed by atoms with Crippen LogP contribution in [-0.2, 0) is 4.79 Å². The SMILES string of the molecule is CC(C)(CN)CCN1CCC(C)(C)CCC1=O. The van der Waals surface area contributed by atoms with Gasteiger partial charge in [-0.05, 0) is 36.6 Å². The van der Waals surface area contributed by atoms with Gasteiger partial charge in [-0.15, -0.1) is 0 Å². The lowest BCUT2D eigenvalue weighted by Gasteiger charge is -2.28. The summed E-state index contributed by atoms with van der Waals surface area (Å²) in [5.74, 6) is 0.323. The van der Waals surface area contributed by atoms with Crippen LogP contribution in [0, 0.1) is 10.8 Å². The summed E-state index contributed by atoms with van der Waals surface area (Å²) in [5.41, 5.74) is 6.18. The van der Waals surface area contributed by atoms with Gasteiger partial charge < -0.3 is 10.6 Å². The molecule has 2 N–H and O–H groups in total. The molecule has 0 aromatic carbocycles. The van der Waals surface area contributed by atoms with Crippen molar-refractivity contribution >= 4 is 5.91 Å². The van der Waals surface area contributed by atoms with E-state index in [-0.39, 0.29) is 5.41 Å². The summed E-state index contributed by atoms with van der Waals surface area (Å²) in [5, 5.41) is 0. The van der Waals surface area contributed by atoms with Crippen LogP contribution in [0.5, 0.6) is 0 Å². The smallest absolute Gasteiger partial charge is 0.222 e. The molecule has 1 saturated heterocycles. The molecule has 0 bridgehead atoms. The predicted octanol–water partition coefficient (Wildman–Crippen LogP) is 2.40. The number of nitrogens with two attached hydrogens (primary N) is 1. The summed E-state index contributed by atoms with van der Waals surface area (Å²) in [6, 6.07) is 0. The second kappa shape index (κ2) is 5.38. The van der Waals surface area contributed by atoms with E-state index in [0.717, 1.165) is 32.4 Å². The molecule has 1 aliphatic heterocycles. The van der Waals surface area contributed by atoms with Crippen molar-refractivity contribution in [2.45, 2.75) is 53.4 Å². The van der Waals surface area contributed by atoms with E-state index in [9.17, 15) is 4.79 Å². The molecule has 1 fully saturated rings. The van der Waals surface area contributed by atoms with E-state index in [4.69, 9.17) is 5.73 Å². The van der Waals surface area contributed by atoms with Crippen LogP contribution in [0.2, 0.25) is 0 Å². The predicted molar refractivity (Wildman–Crippen MR) is 71.7 cm³/mol. The highest BCUT2D eigenvalue weighted by atomic mass is 16.2. The molecule has 100 valence electrons. The first-order chi connectivity index (χ1) is 7.76. The maximum Gasteiger partial charge on any atom is 0.222 e. The van der Waals surface area contributed by atoms with Gasteiger partial charge >= 0.3 is 0 Å². The quantitative estimate of drug-likeness (QED) is 0.820. The van der Waals surface area contributed by atoms with Gasteiger partial charge in [0.25, 0.3) is 0 Å². The lowest BCUT2D eigenvalue weighted by atomic mass is 9.85. The molecule has 1 amide bonds. The fourth-order valence-corrected chi connectivity index (χ4v) is 2.07. The van der Waals surface area contributed by atoms with Gasteiger partial charge in [0, 0.05) is 19.5 Å². The number of hydrogen-bond donors (Lipinski definition) is 1. The maximum atomic E-state index is 12.0. The van der Waals surface area contributed by atoms with Crippen LogP contribution in [0.25, 0.3) is 0 Å². The molecule has 17 heavy (non-hydrogen) atoms. The lowest BCUT2D eigenvalue weighted by molar-refractivity contribution is -0.131. The molecule has 0 radical (unpaired) electrons. The first kappa shape index (κ1) is 14.5. The van der Waals surface area contributed by atoms with Crippen molar-refractivity contribution in [3.63, 3.8) is 0 Å². The van der Waals surface area contributed by atoms with E-state index >= 15 is 0 Å². The summed E-state index contributed by atoms with van der Waals surface area (Å²) in [4.78, 5) is 14.0. The van der Waals surface area contributed by atoms with Crippen molar-refractivity contribution < 1.29 is 4.79 Å². The Hall–Kier alpha value is -0.570. The Balaban J connectivity index is 2.50. The Morgan fingerprint density at radius 1 is 1.35 bits per heavy atom. The fraction of sp³-hybridized carbons (Fsp3) is 0.929. The van der Waals surface area contributed by atoms with Gasteiger partial charge in [0.05, 0.1) is 0 Å². The van der Waals surface area contributed by atoms with Crippen molar-refractivity contribution in [2.75, 3.05) is 19.6 Å². The molecule has 0 unspecified atom stereocenters. The van der Waals surface area contributed by atoms with Crippen LogP contribution in [0.15, 0.2) is 0 Å². The van der Waals surface area contributed by atoms with Crippen LogP contribution < -0.4 is 5.73 Å². The van der Waals surface area contributed by atoms with Gasteiger partial charge in [-0.25, -0.2) is 0 Å². The topological polar surface area (TPSA) is 46.3 Å². The number of nitrogens with zero attached hydrogens (tertiary/aromatic N) is 1. The maximum absolute atomic E-state index is 12.0. The second-order valence-corrected chi connectivity index (χ2v) is 6.91. The highest BCUT2D eigenvalue weighted by molar-refractivity contribution is 5.76. The molecule has 1 rings (SSSR count). The van der Waals surface area contributed by atoms with Crippen molar-refractivity contribution in [3.05, 3.63) is 0 Å². The minimum absolute atomic E-state index is 0.141. The zero-order valence-corrected chi connectivity index (χ0v) is 11.9. The molecule has 0 spiro atoms. The Morgan fingerprint density at radius 2 is 2.00 bits per heavy atom. The molecule has 1 aliphatic rings. The van der Waals surface area contributed by atoms with E-state index in [1.54, 1.807) is 0 Å². The third-order valence-electron chi connectivity index (χ3n) is 4.04. The van der Waals surface area contributed by atoms with Crippen LogP contribution >= 0.6 is 0 Å². The first-order valence-corrected chi connectivity index (χ1v) is 6.74. The number of amides is 1. The highest BCUT2D eigenvalue weighted by Crippen LogP contribution is 2.30. The van der Waals surface area contributed by atoms with Crippen LogP contribution in [0.4, 0.5) is 0 Å². The molecule has 0 aliphatic carbocycles. The van der Waals surface area contributed by atoms with Crippen LogP contribution in [0.3, 0.4) is 0 Å². The number of carbonyl (C=O) groups excluding carboxylic acids is 1. The van der Waals surface area contributed by atoms with Crippen LogP contribution in [-0.4, -0.2) is 30.4 Å². The van der Waals surface area contributed by atoms with E-state index < -0.39 is 0 Å². The van der Waals surface area contributed by atoms with Crippen molar-refractivity contribution in [1.29, 1.82) is 0 Å². The normalized spacial score (nSPS) is 21.5. The van der Waals surface area contributed by atoms with Gasteiger partial charge in [-0.1, -0.05) is 27.7 Å². The van der Waals surface area contributed by atoms with E-state index in [1.807, 2.05) is 4.90 Å². The molecule has 0 saturated carbocycles. The van der Waals surface area contributed by atoms with Gasteiger partial charge in [0.2, 0.25) is 5.91 Å². The molecule has 0 aromatic rings. The summed E-state index contributed by atoms with van der Waals surface area (Å²) in [6.07, 6.45) is 3.83. The zero-order chi connectivity index (χ0) is 13.1. The third kappa shape index (κ3) is 4.66. The number of likely N-dealkylation sites (tertiary alicyclic amines) is 1. The zero-order valence-electron chi connectivity index (χ0n) is 11.9. The first-order valence-electron chi connectivity index (χ1n) is 6.74. The van der Waals surface area contributed by atoms with E-state index in [0.29, 0.717) is 24.3 Å². The Bertz CT molecular complexity index is 271. The van der Waals surface area contributed by atoms with Gasteiger partial charge in [-0.2, -0.15) is 0 Å². The number of rotatable bonds is 4. The second-order valence-electron chi connectivity index (χ2n) is 6.91. The summed E-state index contributed by atoms with van der Waals surface area (Å²) < 4.78 is 0. The highest BCUT2D eigenvalue weighted by Gasteiger charge is 2.28. The third-order valence-corrected chi connectivity index (χ3v) is 4.04. The summed E-state index contributed by atoms with van der Waals surface area (Å²) in [7, 11) is 0. The molecule has 3 heteroatoms. The fourth-order valence-electron chi connectivity index (χ4n) is 2.07. The Morgan fingerprint density at radius 3 is 2.59 bits per heavy atom. The number of carbonyl (C=O) groups is 1. The van der Waals surface area contributed by atoms with Crippen molar-refractivity contribution in [3.8, 4) is 0 Å². The average Bonchev–Trinajstić information content (AvgIpc) is 2.37. The summed E-state index contributed by atoms with van der Waals surface area (Å²) in [6.45, 7) is 11.3. The Kier molecular flexibility index (Phi) is 4.59. The van der Waals surface area contributed by atoms with E-state index in [1.165, 1.54) is 0 Å². The molecule has 1 heterocycles. The van der Waals surface area contributed by atoms with Gasteiger partial charge in [-0.3, -0.25) is 4.79 Å². The molecule has 0 aromatic heterocycles. The Labute approximate surface area is 106 Å². The standard InChI is InChI=1S/C14H28N2O/c1-13(2)6-5-12(17)16(9-7-13)10-8-14(3,4)11-15/h5-11,15H2,1-4H3. The van der Waals surface area contributed by atoms with Crippen LogP contribution in [0.1, 0.15) is 53.4 Å². The molecule has 3 nitrogen and oxygen atoms in total. The summed E-state index contributed by atoms with van der Waals surface area (Å²) >= 11 is 0.